The fourth-order valence-corrected chi connectivity index (χ4v) is 4.25. The number of aryl methyl sites for hydroxylation is 3. The fraction of sp³-hybridized carbons (Fsp3) is 0.429. The van der Waals surface area contributed by atoms with Gasteiger partial charge in [-0.15, -0.1) is 0 Å². The predicted octanol–water partition coefficient (Wildman–Crippen LogP) is 1.57. The smallest absolute Gasteiger partial charge is 0.241 e. The van der Waals surface area contributed by atoms with Crippen molar-refractivity contribution in [2.45, 2.75) is 45.2 Å². The van der Waals surface area contributed by atoms with E-state index in [0.29, 0.717) is 11.4 Å². The molecule has 2 aromatic rings. The van der Waals surface area contributed by atoms with Gasteiger partial charge < -0.3 is 0 Å². The summed E-state index contributed by atoms with van der Waals surface area (Å²) in [5, 5.41) is 3.98. The number of aromatic nitrogens is 3. The summed E-state index contributed by atoms with van der Waals surface area (Å²) in [6.07, 6.45) is 2.99. The Hall–Kier alpha value is -1.73. The summed E-state index contributed by atoms with van der Waals surface area (Å²) in [7, 11) is -3.55. The average Bonchev–Trinajstić information content (AvgIpc) is 2.78. The van der Waals surface area contributed by atoms with Gasteiger partial charge in [0.1, 0.15) is 12.7 Å². The third-order valence-electron chi connectivity index (χ3n) is 3.16. The van der Waals surface area contributed by atoms with Gasteiger partial charge in [-0.2, -0.15) is 5.10 Å². The number of hydrogen-bond acceptors (Lipinski definition) is 4. The molecule has 0 bridgehead atoms. The largest absolute Gasteiger partial charge is 0.251 e. The molecule has 1 aromatic heterocycles. The van der Waals surface area contributed by atoms with E-state index in [2.05, 4.69) is 14.8 Å². The molecular formula is C14H20N4O2S. The molecule has 0 amide bonds. The molecule has 1 N–H and O–H groups in total. The first kappa shape index (κ1) is 15.7. The van der Waals surface area contributed by atoms with Gasteiger partial charge in [-0.05, 0) is 38.8 Å². The van der Waals surface area contributed by atoms with Crippen molar-refractivity contribution in [3.8, 4) is 0 Å². The minimum Gasteiger partial charge on any atom is -0.251 e. The summed E-state index contributed by atoms with van der Waals surface area (Å²) in [5.74, 6) is 0. The molecule has 0 fully saturated rings. The highest BCUT2D eigenvalue weighted by atomic mass is 32.2. The van der Waals surface area contributed by atoms with Crippen molar-refractivity contribution in [2.75, 3.05) is 0 Å². The molecule has 0 radical (unpaired) electrons. The van der Waals surface area contributed by atoms with Gasteiger partial charge >= 0.3 is 0 Å². The molecule has 0 saturated carbocycles. The molecule has 6 nitrogen and oxygen atoms in total. The molecule has 0 aliphatic heterocycles. The molecule has 0 aliphatic rings. The van der Waals surface area contributed by atoms with Crippen LogP contribution in [-0.4, -0.2) is 29.2 Å². The Morgan fingerprint density at radius 1 is 1.24 bits per heavy atom. The van der Waals surface area contributed by atoms with Crippen LogP contribution in [0.15, 0.2) is 29.7 Å². The van der Waals surface area contributed by atoms with Crippen molar-refractivity contribution >= 4 is 10.0 Å². The zero-order valence-electron chi connectivity index (χ0n) is 12.7. The third kappa shape index (κ3) is 3.68. The molecular weight excluding hydrogens is 288 g/mol. The van der Waals surface area contributed by atoms with E-state index >= 15 is 0 Å². The van der Waals surface area contributed by atoms with Crippen LogP contribution in [0.25, 0.3) is 0 Å². The fourth-order valence-electron chi connectivity index (χ4n) is 2.56. The van der Waals surface area contributed by atoms with Gasteiger partial charge in [-0.3, -0.25) is 4.68 Å². The van der Waals surface area contributed by atoms with Crippen molar-refractivity contribution in [3.63, 3.8) is 0 Å². The van der Waals surface area contributed by atoms with E-state index in [-0.39, 0.29) is 6.04 Å². The van der Waals surface area contributed by atoms with E-state index in [1.54, 1.807) is 17.9 Å². The standard InChI is InChI=1S/C14H20N4O2S/c1-10-5-11(2)14(12(3)6-10)21(19,20)17-13(4)7-18-9-15-8-16-18/h5-6,8-9,13,17H,7H2,1-4H3/t13-/m0/s1. The average molecular weight is 308 g/mol. The summed E-state index contributed by atoms with van der Waals surface area (Å²) in [4.78, 5) is 4.20. The molecule has 114 valence electrons. The molecule has 0 aliphatic carbocycles. The van der Waals surface area contributed by atoms with Gasteiger partial charge in [0, 0.05) is 6.04 Å². The van der Waals surface area contributed by atoms with Crippen LogP contribution in [-0.2, 0) is 16.6 Å². The Bertz CT molecular complexity index is 700. The first-order valence-electron chi connectivity index (χ1n) is 6.72. The summed E-state index contributed by atoms with van der Waals surface area (Å²) in [5.41, 5.74) is 2.57. The van der Waals surface area contributed by atoms with Gasteiger partial charge in [0.25, 0.3) is 0 Å². The second kappa shape index (κ2) is 5.95. The van der Waals surface area contributed by atoms with Gasteiger partial charge in [0.05, 0.1) is 11.4 Å². The van der Waals surface area contributed by atoms with Gasteiger partial charge in [-0.1, -0.05) is 17.7 Å². The maximum Gasteiger partial charge on any atom is 0.241 e. The Kier molecular flexibility index (Phi) is 4.43. The number of sulfonamides is 1. The summed E-state index contributed by atoms with van der Waals surface area (Å²) in [6, 6.07) is 3.48. The molecule has 1 heterocycles. The zero-order chi connectivity index (χ0) is 15.6. The Morgan fingerprint density at radius 2 is 1.86 bits per heavy atom. The van der Waals surface area contributed by atoms with Crippen LogP contribution in [0.5, 0.6) is 0 Å². The molecule has 0 saturated heterocycles. The van der Waals surface area contributed by atoms with Crippen molar-refractivity contribution in [3.05, 3.63) is 41.5 Å². The summed E-state index contributed by atoms with van der Waals surface area (Å²) < 4.78 is 29.4. The SMILES string of the molecule is Cc1cc(C)c(S(=O)(=O)N[C@@H](C)Cn2cncn2)c(C)c1. The first-order chi connectivity index (χ1) is 9.79. The van der Waals surface area contributed by atoms with Crippen LogP contribution >= 0.6 is 0 Å². The minimum absolute atomic E-state index is 0.281. The van der Waals surface area contributed by atoms with E-state index in [0.717, 1.165) is 16.7 Å². The van der Waals surface area contributed by atoms with Crippen molar-refractivity contribution in [2.24, 2.45) is 0 Å². The highest BCUT2D eigenvalue weighted by molar-refractivity contribution is 7.89. The Morgan fingerprint density at radius 3 is 2.38 bits per heavy atom. The lowest BCUT2D eigenvalue weighted by molar-refractivity contribution is 0.492. The summed E-state index contributed by atoms with van der Waals surface area (Å²) >= 11 is 0. The summed E-state index contributed by atoms with van der Waals surface area (Å²) in [6.45, 7) is 7.83. The number of hydrogen-bond donors (Lipinski definition) is 1. The lowest BCUT2D eigenvalue weighted by atomic mass is 10.1. The number of nitrogens with one attached hydrogen (secondary N) is 1. The molecule has 2 rings (SSSR count). The van der Waals surface area contributed by atoms with Crippen LogP contribution in [0, 0.1) is 20.8 Å². The van der Waals surface area contributed by atoms with Crippen LogP contribution in [0.4, 0.5) is 0 Å². The van der Waals surface area contributed by atoms with Crippen molar-refractivity contribution in [1.29, 1.82) is 0 Å². The van der Waals surface area contributed by atoms with Crippen LogP contribution in [0.3, 0.4) is 0 Å². The monoisotopic (exact) mass is 308 g/mol. The first-order valence-corrected chi connectivity index (χ1v) is 8.20. The lowest BCUT2D eigenvalue weighted by Crippen LogP contribution is -2.36. The predicted molar refractivity (Wildman–Crippen MR) is 80.5 cm³/mol. The van der Waals surface area contributed by atoms with Gasteiger partial charge in [-0.25, -0.2) is 18.1 Å². The second-order valence-corrected chi connectivity index (χ2v) is 7.02. The molecule has 21 heavy (non-hydrogen) atoms. The van der Waals surface area contributed by atoms with E-state index in [4.69, 9.17) is 0 Å². The number of benzene rings is 1. The Balaban J connectivity index is 2.22. The quantitative estimate of drug-likeness (QED) is 0.909. The second-order valence-electron chi connectivity index (χ2n) is 5.37. The zero-order valence-corrected chi connectivity index (χ0v) is 13.5. The minimum atomic E-state index is -3.55. The molecule has 0 spiro atoms. The number of rotatable bonds is 5. The van der Waals surface area contributed by atoms with E-state index in [9.17, 15) is 8.42 Å². The van der Waals surface area contributed by atoms with Crippen molar-refractivity contribution < 1.29 is 8.42 Å². The van der Waals surface area contributed by atoms with Crippen LogP contribution in [0.2, 0.25) is 0 Å². The molecule has 7 heteroatoms. The van der Waals surface area contributed by atoms with Crippen LogP contribution in [0.1, 0.15) is 23.6 Å². The third-order valence-corrected chi connectivity index (χ3v) is 5.05. The van der Waals surface area contributed by atoms with E-state index in [1.807, 2.05) is 32.9 Å². The van der Waals surface area contributed by atoms with Gasteiger partial charge in [0.15, 0.2) is 0 Å². The van der Waals surface area contributed by atoms with E-state index in [1.165, 1.54) is 6.33 Å². The lowest BCUT2D eigenvalue weighted by Gasteiger charge is -2.17. The van der Waals surface area contributed by atoms with E-state index < -0.39 is 10.0 Å². The molecule has 1 atom stereocenters. The maximum atomic E-state index is 12.6. The van der Waals surface area contributed by atoms with Crippen molar-refractivity contribution in [1.82, 2.24) is 19.5 Å². The normalized spacial score (nSPS) is 13.3. The highest BCUT2D eigenvalue weighted by Gasteiger charge is 2.22. The highest BCUT2D eigenvalue weighted by Crippen LogP contribution is 2.21. The topological polar surface area (TPSA) is 76.9 Å². The van der Waals surface area contributed by atoms with Crippen LogP contribution < -0.4 is 4.72 Å². The maximum absolute atomic E-state index is 12.6. The Labute approximate surface area is 125 Å². The number of nitrogens with zero attached hydrogens (tertiary/aromatic N) is 3. The molecule has 1 aromatic carbocycles. The molecule has 0 unspecified atom stereocenters. The van der Waals surface area contributed by atoms with Gasteiger partial charge in [0.2, 0.25) is 10.0 Å².